The lowest BCUT2D eigenvalue weighted by molar-refractivity contribution is -0.122. The number of rotatable bonds is 9. The molecule has 9 heteroatoms. The van der Waals surface area contributed by atoms with Crippen molar-refractivity contribution in [1.82, 2.24) is 20.6 Å². The van der Waals surface area contributed by atoms with Crippen molar-refractivity contribution in [2.45, 2.75) is 12.5 Å². The van der Waals surface area contributed by atoms with Crippen LogP contribution in [0.2, 0.25) is 0 Å². The highest BCUT2D eigenvalue weighted by molar-refractivity contribution is 7.18. The highest BCUT2D eigenvalue weighted by Gasteiger charge is 2.22. The Morgan fingerprint density at radius 1 is 0.949 bits per heavy atom. The van der Waals surface area contributed by atoms with Gasteiger partial charge in [0.1, 0.15) is 12.6 Å². The number of benzene rings is 3. The Balaban J connectivity index is 1.28. The maximum atomic E-state index is 13.1. The SMILES string of the molecule is N#CCNC(=O)C(Cc1ccc2ccccc2c1)NC(=O)c1ccc(-c2cnc(Nc3ccncc3)s2)cc1. The van der Waals surface area contributed by atoms with Gasteiger partial charge in [-0.3, -0.25) is 14.6 Å². The van der Waals surface area contributed by atoms with E-state index < -0.39 is 11.9 Å². The number of nitrogens with zero attached hydrogens (tertiary/aromatic N) is 3. The van der Waals surface area contributed by atoms with E-state index in [2.05, 4.69) is 25.9 Å². The zero-order valence-electron chi connectivity index (χ0n) is 20.8. The van der Waals surface area contributed by atoms with Gasteiger partial charge in [-0.1, -0.05) is 65.9 Å². The summed E-state index contributed by atoms with van der Waals surface area (Å²) in [5, 5.41) is 20.4. The highest BCUT2D eigenvalue weighted by Crippen LogP contribution is 2.30. The van der Waals surface area contributed by atoms with E-state index in [-0.39, 0.29) is 12.5 Å². The Bertz CT molecular complexity index is 1640. The first-order valence-electron chi connectivity index (χ1n) is 12.3. The van der Waals surface area contributed by atoms with Crippen molar-refractivity contribution in [1.29, 1.82) is 5.26 Å². The van der Waals surface area contributed by atoms with Crippen molar-refractivity contribution in [2.75, 3.05) is 11.9 Å². The van der Waals surface area contributed by atoms with Crippen molar-refractivity contribution in [3.63, 3.8) is 0 Å². The van der Waals surface area contributed by atoms with Gasteiger partial charge in [0.25, 0.3) is 5.91 Å². The molecule has 0 aliphatic carbocycles. The van der Waals surface area contributed by atoms with Gasteiger partial charge in [0, 0.05) is 36.3 Å². The number of pyridine rings is 1. The number of hydrogen-bond donors (Lipinski definition) is 3. The largest absolute Gasteiger partial charge is 0.341 e. The number of amides is 2. The van der Waals surface area contributed by atoms with Crippen molar-refractivity contribution >= 4 is 44.7 Å². The first-order valence-corrected chi connectivity index (χ1v) is 13.1. The Morgan fingerprint density at radius 2 is 1.72 bits per heavy atom. The van der Waals surface area contributed by atoms with E-state index in [9.17, 15) is 9.59 Å². The van der Waals surface area contributed by atoms with E-state index in [1.807, 2.05) is 72.8 Å². The Hall–Kier alpha value is -5.07. The number of carbonyl (C=O) groups excluding carboxylic acids is 2. The molecule has 2 amide bonds. The minimum absolute atomic E-state index is 0.134. The van der Waals surface area contributed by atoms with Gasteiger partial charge in [0.05, 0.1) is 10.9 Å². The maximum absolute atomic E-state index is 13.1. The molecule has 5 rings (SSSR count). The minimum Gasteiger partial charge on any atom is -0.341 e. The van der Waals surface area contributed by atoms with Crippen molar-refractivity contribution in [3.05, 3.63) is 109 Å². The third-order valence-corrected chi connectivity index (χ3v) is 7.05. The molecule has 0 aliphatic rings. The van der Waals surface area contributed by atoms with Gasteiger partial charge in [-0.2, -0.15) is 5.26 Å². The number of nitrogens with one attached hydrogen (secondary N) is 3. The molecule has 0 saturated carbocycles. The molecule has 0 spiro atoms. The number of hydrogen-bond acceptors (Lipinski definition) is 7. The summed E-state index contributed by atoms with van der Waals surface area (Å²) < 4.78 is 0. The molecule has 39 heavy (non-hydrogen) atoms. The van der Waals surface area contributed by atoms with Gasteiger partial charge in [-0.25, -0.2) is 4.98 Å². The van der Waals surface area contributed by atoms with Crippen molar-refractivity contribution < 1.29 is 9.59 Å². The van der Waals surface area contributed by atoms with Gasteiger partial charge < -0.3 is 16.0 Å². The molecule has 2 heterocycles. The van der Waals surface area contributed by atoms with Crippen LogP contribution in [0, 0.1) is 11.3 Å². The smallest absolute Gasteiger partial charge is 0.251 e. The van der Waals surface area contributed by atoms with Gasteiger partial charge >= 0.3 is 0 Å². The molecule has 3 N–H and O–H groups in total. The van der Waals surface area contributed by atoms with E-state index in [0.717, 1.165) is 37.6 Å². The van der Waals surface area contributed by atoms with Gasteiger partial charge in [-0.05, 0) is 46.2 Å². The summed E-state index contributed by atoms with van der Waals surface area (Å²) in [6.07, 6.45) is 5.49. The second-order valence-corrected chi connectivity index (χ2v) is 9.79. The topological polar surface area (TPSA) is 120 Å². The lowest BCUT2D eigenvalue weighted by Crippen LogP contribution is -2.48. The lowest BCUT2D eigenvalue weighted by Gasteiger charge is -2.18. The summed E-state index contributed by atoms with van der Waals surface area (Å²) in [7, 11) is 0. The van der Waals surface area contributed by atoms with Crippen LogP contribution in [0.5, 0.6) is 0 Å². The molecule has 0 bridgehead atoms. The fraction of sp³-hybridized carbons (Fsp3) is 0.100. The quantitative estimate of drug-likeness (QED) is 0.228. The average Bonchev–Trinajstić information content (AvgIpc) is 3.44. The molecule has 2 aromatic heterocycles. The molecular weight excluding hydrogens is 508 g/mol. The third kappa shape index (κ3) is 6.44. The molecule has 8 nitrogen and oxygen atoms in total. The molecule has 3 aromatic carbocycles. The minimum atomic E-state index is -0.838. The second kappa shape index (κ2) is 12.0. The maximum Gasteiger partial charge on any atom is 0.251 e. The van der Waals surface area contributed by atoms with E-state index in [1.54, 1.807) is 30.7 Å². The van der Waals surface area contributed by atoms with Crippen molar-refractivity contribution in [2.24, 2.45) is 0 Å². The van der Waals surface area contributed by atoms with Crippen molar-refractivity contribution in [3.8, 4) is 16.5 Å². The summed E-state index contributed by atoms with van der Waals surface area (Å²) in [4.78, 5) is 35.3. The number of nitriles is 1. The normalized spacial score (nSPS) is 11.4. The summed E-state index contributed by atoms with van der Waals surface area (Å²) in [6, 6.07) is 25.8. The fourth-order valence-corrected chi connectivity index (χ4v) is 4.95. The van der Waals surface area contributed by atoms with Crippen LogP contribution in [0.15, 0.2) is 97.5 Å². The average molecular weight is 533 g/mol. The predicted molar refractivity (Wildman–Crippen MR) is 153 cm³/mol. The molecule has 5 aromatic rings. The standard InChI is InChI=1S/C30H24N6O2S/c31-13-16-33-29(38)26(18-20-5-6-21-3-1-2-4-24(21)17-20)36-28(37)23-9-7-22(8-10-23)27-19-34-30(39-27)35-25-11-14-32-15-12-25/h1-12,14-15,17,19,26H,16,18H2,(H,33,38)(H,36,37)(H,32,34,35). The molecule has 0 fully saturated rings. The Kier molecular flexibility index (Phi) is 7.86. The van der Waals surface area contributed by atoms with E-state index in [1.165, 1.54) is 11.3 Å². The number of anilines is 2. The molecule has 1 atom stereocenters. The summed E-state index contributed by atoms with van der Waals surface area (Å²) in [6.45, 7) is -0.134. The number of thiazole rings is 1. The van der Waals surface area contributed by atoms with Crippen LogP contribution in [0.4, 0.5) is 10.8 Å². The third-order valence-electron chi connectivity index (χ3n) is 6.09. The number of fused-ring (bicyclic) bond motifs is 1. The van der Waals surface area contributed by atoms with Crippen LogP contribution in [0.25, 0.3) is 21.2 Å². The first kappa shape index (κ1) is 25.6. The van der Waals surface area contributed by atoms with Gasteiger partial charge in [0.15, 0.2) is 5.13 Å². The van der Waals surface area contributed by atoms with Gasteiger partial charge in [0.2, 0.25) is 5.91 Å². The van der Waals surface area contributed by atoms with Crippen LogP contribution in [-0.4, -0.2) is 34.4 Å². The van der Waals surface area contributed by atoms with Crippen LogP contribution in [-0.2, 0) is 11.2 Å². The monoisotopic (exact) mass is 532 g/mol. The molecule has 192 valence electrons. The van der Waals surface area contributed by atoms with Crippen LogP contribution >= 0.6 is 11.3 Å². The Morgan fingerprint density at radius 3 is 2.49 bits per heavy atom. The second-order valence-electron chi connectivity index (χ2n) is 8.76. The summed E-state index contributed by atoms with van der Waals surface area (Å²) >= 11 is 1.50. The zero-order valence-corrected chi connectivity index (χ0v) is 21.6. The predicted octanol–water partition coefficient (Wildman–Crippen LogP) is 5.08. The van der Waals surface area contributed by atoms with Crippen LogP contribution in [0.1, 0.15) is 15.9 Å². The Labute approximate surface area is 229 Å². The van der Waals surface area contributed by atoms with E-state index in [0.29, 0.717) is 12.0 Å². The first-order chi connectivity index (χ1) is 19.1. The van der Waals surface area contributed by atoms with E-state index in [4.69, 9.17) is 5.26 Å². The zero-order chi connectivity index (χ0) is 27.0. The molecule has 1 unspecified atom stereocenters. The molecular formula is C30H24N6O2S. The number of aromatic nitrogens is 2. The summed E-state index contributed by atoms with van der Waals surface area (Å²) in [5.41, 5.74) is 3.15. The van der Waals surface area contributed by atoms with Gasteiger partial charge in [-0.15, -0.1) is 0 Å². The molecule has 0 radical (unpaired) electrons. The number of carbonyl (C=O) groups is 2. The van der Waals surface area contributed by atoms with E-state index >= 15 is 0 Å². The van der Waals surface area contributed by atoms with Crippen LogP contribution < -0.4 is 16.0 Å². The fourth-order valence-electron chi connectivity index (χ4n) is 4.11. The summed E-state index contributed by atoms with van der Waals surface area (Å²) in [5.74, 6) is -0.780. The van der Waals surface area contributed by atoms with Crippen LogP contribution in [0.3, 0.4) is 0 Å². The highest BCUT2D eigenvalue weighted by atomic mass is 32.1. The molecule has 0 saturated heterocycles. The lowest BCUT2D eigenvalue weighted by atomic mass is 10.0. The molecule has 0 aliphatic heterocycles.